The summed E-state index contributed by atoms with van der Waals surface area (Å²) in [6.07, 6.45) is 8.32. The van der Waals surface area contributed by atoms with E-state index in [-0.39, 0.29) is 0 Å². The molecule has 2 rings (SSSR count). The summed E-state index contributed by atoms with van der Waals surface area (Å²) in [7, 11) is 0. The third-order valence-electron chi connectivity index (χ3n) is 3.75. The molecule has 0 saturated heterocycles. The van der Waals surface area contributed by atoms with Gasteiger partial charge in [0.1, 0.15) is 0 Å². The number of nitrogens with one attached hydrogen (secondary N) is 1. The molecule has 0 bridgehead atoms. The number of hydrogen-bond donors (Lipinski definition) is 1. The Bertz CT molecular complexity index is 332. The fourth-order valence-electron chi connectivity index (χ4n) is 2.82. The molecule has 17 heavy (non-hydrogen) atoms. The second-order valence-corrected chi connectivity index (χ2v) is 5.98. The molecular weight excluding hydrogens is 208 g/mol. The summed E-state index contributed by atoms with van der Waals surface area (Å²) in [5, 5.41) is 3.69. The van der Waals surface area contributed by atoms with Gasteiger partial charge in [-0.05, 0) is 36.8 Å². The second-order valence-electron chi connectivity index (χ2n) is 5.98. The number of pyridine rings is 1. The first-order valence-electron chi connectivity index (χ1n) is 6.79. The van der Waals surface area contributed by atoms with Gasteiger partial charge in [-0.15, -0.1) is 0 Å². The summed E-state index contributed by atoms with van der Waals surface area (Å²) in [6.45, 7) is 5.83. The van der Waals surface area contributed by atoms with Crippen molar-refractivity contribution in [2.24, 2.45) is 5.41 Å². The summed E-state index contributed by atoms with van der Waals surface area (Å²) < 4.78 is 0. The van der Waals surface area contributed by atoms with Crippen molar-refractivity contribution in [3.63, 3.8) is 0 Å². The molecule has 2 nitrogen and oxygen atoms in total. The van der Waals surface area contributed by atoms with Gasteiger partial charge in [0.2, 0.25) is 0 Å². The van der Waals surface area contributed by atoms with E-state index in [1.807, 2.05) is 12.3 Å². The van der Waals surface area contributed by atoms with Crippen molar-refractivity contribution in [2.45, 2.75) is 52.0 Å². The molecule has 1 saturated carbocycles. The van der Waals surface area contributed by atoms with Crippen LogP contribution in [-0.4, -0.2) is 17.6 Å². The van der Waals surface area contributed by atoms with Crippen LogP contribution in [0.3, 0.4) is 0 Å². The van der Waals surface area contributed by atoms with Crippen LogP contribution in [0.15, 0.2) is 24.4 Å². The molecule has 1 fully saturated rings. The van der Waals surface area contributed by atoms with Gasteiger partial charge < -0.3 is 5.32 Å². The van der Waals surface area contributed by atoms with E-state index < -0.39 is 0 Å². The lowest BCUT2D eigenvalue weighted by atomic mass is 9.75. The molecular formula is C15H24N2. The van der Waals surface area contributed by atoms with Crippen LogP contribution >= 0.6 is 0 Å². The Morgan fingerprint density at radius 3 is 3.00 bits per heavy atom. The van der Waals surface area contributed by atoms with E-state index in [2.05, 4.69) is 36.3 Å². The highest BCUT2D eigenvalue weighted by Crippen LogP contribution is 2.34. The number of hydrogen-bond acceptors (Lipinski definition) is 2. The van der Waals surface area contributed by atoms with E-state index in [4.69, 9.17) is 0 Å². The van der Waals surface area contributed by atoms with Crippen LogP contribution in [0.25, 0.3) is 0 Å². The van der Waals surface area contributed by atoms with Gasteiger partial charge in [-0.2, -0.15) is 0 Å². The first-order chi connectivity index (χ1) is 8.16. The standard InChI is InChI=1S/C15H24N2/c1-15(2)9-5-7-14(12-15)17-11-8-13-6-3-4-10-16-13/h3-4,6,10,14,17H,5,7-9,11-12H2,1-2H3. The third kappa shape index (κ3) is 4.12. The van der Waals surface area contributed by atoms with E-state index in [1.54, 1.807) is 0 Å². The number of aromatic nitrogens is 1. The Morgan fingerprint density at radius 2 is 2.29 bits per heavy atom. The minimum atomic E-state index is 0.529. The van der Waals surface area contributed by atoms with Crippen molar-refractivity contribution in [2.75, 3.05) is 6.54 Å². The lowest BCUT2D eigenvalue weighted by molar-refractivity contribution is 0.199. The molecule has 0 spiro atoms. The van der Waals surface area contributed by atoms with Gasteiger partial charge in [0.15, 0.2) is 0 Å². The maximum Gasteiger partial charge on any atom is 0.0416 e. The molecule has 0 radical (unpaired) electrons. The fourth-order valence-corrected chi connectivity index (χ4v) is 2.82. The molecule has 1 N–H and O–H groups in total. The maximum atomic E-state index is 4.35. The van der Waals surface area contributed by atoms with Crippen LogP contribution in [0.4, 0.5) is 0 Å². The van der Waals surface area contributed by atoms with Crippen LogP contribution in [0.5, 0.6) is 0 Å². The number of nitrogens with zero attached hydrogens (tertiary/aromatic N) is 1. The van der Waals surface area contributed by atoms with E-state index in [9.17, 15) is 0 Å². The van der Waals surface area contributed by atoms with Crippen molar-refractivity contribution >= 4 is 0 Å². The molecule has 1 aliphatic carbocycles. The summed E-state index contributed by atoms with van der Waals surface area (Å²) in [6, 6.07) is 6.85. The Kier molecular flexibility index (Phi) is 4.16. The topological polar surface area (TPSA) is 24.9 Å². The van der Waals surface area contributed by atoms with Crippen LogP contribution in [0.1, 0.15) is 45.2 Å². The van der Waals surface area contributed by atoms with Gasteiger partial charge in [0.05, 0.1) is 0 Å². The molecule has 1 aromatic rings. The Morgan fingerprint density at radius 1 is 1.41 bits per heavy atom. The smallest absolute Gasteiger partial charge is 0.0416 e. The van der Waals surface area contributed by atoms with Gasteiger partial charge in [-0.25, -0.2) is 0 Å². The Balaban J connectivity index is 1.72. The minimum absolute atomic E-state index is 0.529. The highest BCUT2D eigenvalue weighted by Gasteiger charge is 2.27. The maximum absolute atomic E-state index is 4.35. The predicted octanol–water partition coefficient (Wildman–Crippen LogP) is 3.18. The van der Waals surface area contributed by atoms with E-state index >= 15 is 0 Å². The molecule has 0 amide bonds. The minimum Gasteiger partial charge on any atom is -0.314 e. The quantitative estimate of drug-likeness (QED) is 0.862. The highest BCUT2D eigenvalue weighted by molar-refractivity contribution is 5.03. The summed E-state index contributed by atoms with van der Waals surface area (Å²) in [5.41, 5.74) is 1.72. The fraction of sp³-hybridized carbons (Fsp3) is 0.667. The molecule has 1 atom stereocenters. The lowest BCUT2D eigenvalue weighted by Crippen LogP contribution is -2.38. The molecule has 0 aromatic carbocycles. The summed E-state index contributed by atoms with van der Waals surface area (Å²) in [4.78, 5) is 4.35. The molecule has 0 aliphatic heterocycles. The van der Waals surface area contributed by atoms with Crippen LogP contribution < -0.4 is 5.32 Å². The van der Waals surface area contributed by atoms with E-state index in [1.165, 1.54) is 31.4 Å². The van der Waals surface area contributed by atoms with Crippen LogP contribution in [0, 0.1) is 5.41 Å². The molecule has 1 aliphatic rings. The van der Waals surface area contributed by atoms with Crippen LogP contribution in [-0.2, 0) is 6.42 Å². The monoisotopic (exact) mass is 232 g/mol. The summed E-state index contributed by atoms with van der Waals surface area (Å²) in [5.74, 6) is 0. The lowest BCUT2D eigenvalue weighted by Gasteiger charge is -2.35. The first-order valence-corrected chi connectivity index (χ1v) is 6.79. The number of rotatable bonds is 4. The van der Waals surface area contributed by atoms with Gasteiger partial charge in [0.25, 0.3) is 0 Å². The first kappa shape index (κ1) is 12.6. The zero-order valence-electron chi connectivity index (χ0n) is 11.1. The van der Waals surface area contributed by atoms with E-state index in [0.29, 0.717) is 11.5 Å². The van der Waals surface area contributed by atoms with Crippen molar-refractivity contribution < 1.29 is 0 Å². The molecule has 2 heteroatoms. The Hall–Kier alpha value is -0.890. The average molecular weight is 232 g/mol. The molecule has 94 valence electrons. The third-order valence-corrected chi connectivity index (χ3v) is 3.75. The highest BCUT2D eigenvalue weighted by atomic mass is 14.9. The molecule has 1 unspecified atom stereocenters. The van der Waals surface area contributed by atoms with Crippen molar-refractivity contribution in [3.8, 4) is 0 Å². The predicted molar refractivity (Wildman–Crippen MR) is 72.0 cm³/mol. The zero-order valence-corrected chi connectivity index (χ0v) is 11.1. The Labute approximate surface area is 105 Å². The van der Waals surface area contributed by atoms with Crippen molar-refractivity contribution in [1.29, 1.82) is 0 Å². The largest absolute Gasteiger partial charge is 0.314 e. The SMILES string of the molecule is CC1(C)CCCC(NCCc2ccccn2)C1. The molecule has 1 heterocycles. The average Bonchev–Trinajstić information content (AvgIpc) is 2.29. The van der Waals surface area contributed by atoms with Crippen LogP contribution in [0.2, 0.25) is 0 Å². The van der Waals surface area contributed by atoms with E-state index in [0.717, 1.165) is 13.0 Å². The van der Waals surface area contributed by atoms with Gasteiger partial charge in [0, 0.05) is 30.9 Å². The van der Waals surface area contributed by atoms with Crippen molar-refractivity contribution in [3.05, 3.63) is 30.1 Å². The normalized spacial score (nSPS) is 23.5. The molecule has 1 aromatic heterocycles. The van der Waals surface area contributed by atoms with Crippen molar-refractivity contribution in [1.82, 2.24) is 10.3 Å². The second kappa shape index (κ2) is 5.63. The van der Waals surface area contributed by atoms with Gasteiger partial charge >= 0.3 is 0 Å². The zero-order chi connectivity index (χ0) is 12.1. The van der Waals surface area contributed by atoms with Gasteiger partial charge in [-0.3, -0.25) is 4.98 Å². The van der Waals surface area contributed by atoms with Gasteiger partial charge in [-0.1, -0.05) is 26.3 Å². The summed E-state index contributed by atoms with van der Waals surface area (Å²) >= 11 is 0.